The van der Waals surface area contributed by atoms with Crippen molar-refractivity contribution in [2.24, 2.45) is 11.3 Å². The number of ether oxygens (including phenoxy) is 1. The van der Waals surface area contributed by atoms with E-state index in [0.29, 0.717) is 12.0 Å². The van der Waals surface area contributed by atoms with Crippen LogP contribution in [0.4, 0.5) is 0 Å². The molecule has 1 rings (SSSR count). The molecule has 1 atom stereocenters. The van der Waals surface area contributed by atoms with Gasteiger partial charge in [-0.25, -0.2) is 0 Å². The Morgan fingerprint density at radius 2 is 1.62 bits per heavy atom. The molecule has 16 heavy (non-hydrogen) atoms. The molecule has 1 saturated carbocycles. The zero-order chi connectivity index (χ0) is 12.4. The van der Waals surface area contributed by atoms with Crippen molar-refractivity contribution in [2.75, 3.05) is 6.61 Å². The maximum atomic E-state index is 10.4. The molecule has 1 fully saturated rings. The fraction of sp³-hybridized carbons (Fsp3) is 1.00. The minimum atomic E-state index is -0.330. The first-order valence-corrected chi connectivity index (χ1v) is 6.65. The molecule has 0 bridgehead atoms. The van der Waals surface area contributed by atoms with Crippen molar-refractivity contribution in [3.8, 4) is 0 Å². The van der Waals surface area contributed by atoms with E-state index in [1.165, 1.54) is 0 Å². The highest BCUT2D eigenvalue weighted by Crippen LogP contribution is 2.44. The Hall–Kier alpha value is -0.0800. The van der Waals surface area contributed by atoms with E-state index in [2.05, 4.69) is 27.7 Å². The predicted octanol–water partition coefficient (Wildman–Crippen LogP) is 3.38. The average molecular weight is 228 g/mol. The number of aliphatic hydroxyl groups excluding tert-OH is 1. The lowest BCUT2D eigenvalue weighted by Gasteiger charge is -2.47. The summed E-state index contributed by atoms with van der Waals surface area (Å²) in [5.41, 5.74) is 0.135. The van der Waals surface area contributed by atoms with Gasteiger partial charge in [-0.05, 0) is 43.9 Å². The highest BCUT2D eigenvalue weighted by molar-refractivity contribution is 4.96. The van der Waals surface area contributed by atoms with Crippen LogP contribution in [0.25, 0.3) is 0 Å². The van der Waals surface area contributed by atoms with Gasteiger partial charge in [0.2, 0.25) is 0 Å². The Labute approximate surface area is 100 Å². The third-order valence-corrected chi connectivity index (χ3v) is 4.05. The Kier molecular flexibility index (Phi) is 4.42. The third-order valence-electron chi connectivity index (χ3n) is 4.05. The molecule has 0 aromatic rings. The van der Waals surface area contributed by atoms with Gasteiger partial charge in [-0.2, -0.15) is 0 Å². The summed E-state index contributed by atoms with van der Waals surface area (Å²) in [6, 6.07) is 0. The second-order valence-electron chi connectivity index (χ2n) is 6.35. The van der Waals surface area contributed by atoms with Crippen molar-refractivity contribution in [3.63, 3.8) is 0 Å². The van der Waals surface area contributed by atoms with Gasteiger partial charge in [-0.1, -0.05) is 27.7 Å². The van der Waals surface area contributed by atoms with E-state index in [1.54, 1.807) is 0 Å². The molecule has 0 aliphatic heterocycles. The van der Waals surface area contributed by atoms with Gasteiger partial charge in [0.05, 0.1) is 11.7 Å². The van der Waals surface area contributed by atoms with Gasteiger partial charge in [0.15, 0.2) is 0 Å². The Bertz CT molecular complexity index is 211. The maximum Gasteiger partial charge on any atom is 0.0942 e. The molecule has 0 spiro atoms. The Morgan fingerprint density at radius 3 is 2.00 bits per heavy atom. The summed E-state index contributed by atoms with van der Waals surface area (Å²) in [5, 5.41) is 10.4. The predicted molar refractivity (Wildman–Crippen MR) is 67.5 cm³/mol. The lowest BCUT2D eigenvalue weighted by molar-refractivity contribution is -0.163. The van der Waals surface area contributed by atoms with E-state index in [9.17, 15) is 5.11 Å². The van der Waals surface area contributed by atoms with E-state index < -0.39 is 0 Å². The monoisotopic (exact) mass is 228 g/mol. The van der Waals surface area contributed by atoms with Gasteiger partial charge < -0.3 is 9.84 Å². The van der Waals surface area contributed by atoms with Crippen molar-refractivity contribution >= 4 is 0 Å². The Balaban J connectivity index is 2.75. The number of hydrogen-bond acceptors (Lipinski definition) is 2. The van der Waals surface area contributed by atoms with Crippen molar-refractivity contribution < 1.29 is 9.84 Å². The first-order chi connectivity index (χ1) is 7.33. The van der Waals surface area contributed by atoms with Gasteiger partial charge in [0.1, 0.15) is 0 Å². The first-order valence-electron chi connectivity index (χ1n) is 6.65. The molecule has 0 amide bonds. The highest BCUT2D eigenvalue weighted by atomic mass is 16.5. The van der Waals surface area contributed by atoms with Gasteiger partial charge in [-0.15, -0.1) is 0 Å². The maximum absolute atomic E-state index is 10.4. The van der Waals surface area contributed by atoms with E-state index in [1.807, 2.05) is 6.92 Å². The molecule has 0 saturated heterocycles. The molecule has 0 radical (unpaired) electrons. The minimum absolute atomic E-state index is 0.271. The normalized spacial score (nSPS) is 25.7. The first kappa shape index (κ1) is 14.0. The van der Waals surface area contributed by atoms with E-state index >= 15 is 0 Å². The fourth-order valence-corrected chi connectivity index (χ4v) is 2.77. The summed E-state index contributed by atoms with van der Waals surface area (Å²) < 4.78 is 5.94. The lowest BCUT2D eigenvalue weighted by Crippen LogP contribution is -2.51. The summed E-state index contributed by atoms with van der Waals surface area (Å²) in [6.45, 7) is 11.5. The smallest absolute Gasteiger partial charge is 0.0942 e. The molecular formula is C14H28O2. The van der Waals surface area contributed by atoms with Crippen LogP contribution < -0.4 is 0 Å². The molecule has 2 heteroatoms. The summed E-state index contributed by atoms with van der Waals surface area (Å²) in [4.78, 5) is 0. The van der Waals surface area contributed by atoms with Gasteiger partial charge >= 0.3 is 0 Å². The molecule has 1 unspecified atom stereocenters. The van der Waals surface area contributed by atoms with Gasteiger partial charge in [-0.3, -0.25) is 0 Å². The van der Waals surface area contributed by atoms with E-state index in [-0.39, 0.29) is 17.6 Å². The Morgan fingerprint density at radius 1 is 1.12 bits per heavy atom. The summed E-state index contributed by atoms with van der Waals surface area (Å²) in [5.74, 6) is 0.271. The molecule has 0 aromatic carbocycles. The molecular weight excluding hydrogens is 200 g/mol. The molecule has 0 aromatic heterocycles. The number of rotatable bonds is 4. The molecule has 1 N–H and O–H groups in total. The fourth-order valence-electron chi connectivity index (χ4n) is 2.77. The van der Waals surface area contributed by atoms with Crippen LogP contribution in [0.5, 0.6) is 0 Å². The van der Waals surface area contributed by atoms with Crippen LogP contribution in [0.3, 0.4) is 0 Å². The largest absolute Gasteiger partial charge is 0.390 e. The van der Waals surface area contributed by atoms with Gasteiger partial charge in [0, 0.05) is 6.61 Å². The topological polar surface area (TPSA) is 29.5 Å². The summed E-state index contributed by atoms with van der Waals surface area (Å²) in [7, 11) is 0. The second kappa shape index (κ2) is 5.05. The van der Waals surface area contributed by atoms with Crippen molar-refractivity contribution in [1.82, 2.24) is 0 Å². The van der Waals surface area contributed by atoms with Gasteiger partial charge in [0.25, 0.3) is 0 Å². The van der Waals surface area contributed by atoms with E-state index in [4.69, 9.17) is 4.74 Å². The van der Waals surface area contributed by atoms with Crippen LogP contribution in [0.1, 0.15) is 60.3 Å². The van der Waals surface area contributed by atoms with Crippen LogP contribution in [0.2, 0.25) is 0 Å². The zero-order valence-electron chi connectivity index (χ0n) is 11.5. The standard InChI is InChI=1S/C14H28O2/c1-6-16-14(12(15)11(2)3)9-7-13(4,5)8-10-14/h11-12,15H,6-10H2,1-5H3. The summed E-state index contributed by atoms with van der Waals surface area (Å²) in [6.07, 6.45) is 3.96. The summed E-state index contributed by atoms with van der Waals surface area (Å²) >= 11 is 0. The number of aliphatic hydroxyl groups is 1. The van der Waals surface area contributed by atoms with Crippen LogP contribution in [-0.2, 0) is 4.74 Å². The zero-order valence-corrected chi connectivity index (χ0v) is 11.5. The van der Waals surface area contributed by atoms with Crippen molar-refractivity contribution in [1.29, 1.82) is 0 Å². The molecule has 2 nitrogen and oxygen atoms in total. The van der Waals surface area contributed by atoms with Crippen LogP contribution in [-0.4, -0.2) is 23.4 Å². The minimum Gasteiger partial charge on any atom is -0.390 e. The molecule has 0 heterocycles. The van der Waals surface area contributed by atoms with Crippen molar-refractivity contribution in [2.45, 2.75) is 72.0 Å². The quantitative estimate of drug-likeness (QED) is 0.799. The average Bonchev–Trinajstić information content (AvgIpc) is 2.21. The molecule has 96 valence electrons. The van der Waals surface area contributed by atoms with Crippen LogP contribution in [0, 0.1) is 11.3 Å². The van der Waals surface area contributed by atoms with Crippen molar-refractivity contribution in [3.05, 3.63) is 0 Å². The number of hydrogen-bond donors (Lipinski definition) is 1. The van der Waals surface area contributed by atoms with Crippen LogP contribution >= 0.6 is 0 Å². The SMILES string of the molecule is CCOC1(C(O)C(C)C)CCC(C)(C)CC1. The molecule has 1 aliphatic rings. The third kappa shape index (κ3) is 2.98. The second-order valence-corrected chi connectivity index (χ2v) is 6.35. The van der Waals surface area contributed by atoms with E-state index in [0.717, 1.165) is 25.7 Å². The highest BCUT2D eigenvalue weighted by Gasteiger charge is 2.45. The lowest BCUT2D eigenvalue weighted by atomic mass is 9.67. The van der Waals surface area contributed by atoms with Crippen LogP contribution in [0.15, 0.2) is 0 Å². The molecule has 1 aliphatic carbocycles.